The molecule has 2 aromatic carbocycles. The second-order valence-electron chi connectivity index (χ2n) is 6.46. The summed E-state index contributed by atoms with van der Waals surface area (Å²) in [5, 5.41) is 3.19. The first-order valence-corrected chi connectivity index (χ1v) is 9.46. The van der Waals surface area contributed by atoms with Crippen molar-refractivity contribution in [3.8, 4) is 11.5 Å². The first-order chi connectivity index (χ1) is 13.3. The standard InChI is InChI=1S/C21H28N4O2.HI/c22-21(23-11-6-12-25-13-15-26-16-14-25)24-17-18-7-4-5-10-20(18)27-19-8-2-1-3-9-19;/h1-5,7-10H,6,11-17H2,(H3,22,23,24);1H. The molecular formula is C21H29IN4O2. The summed E-state index contributed by atoms with van der Waals surface area (Å²) in [6, 6.07) is 17.6. The number of hydrogen-bond acceptors (Lipinski definition) is 4. The lowest BCUT2D eigenvalue weighted by molar-refractivity contribution is 0.0376. The summed E-state index contributed by atoms with van der Waals surface area (Å²) in [5.41, 5.74) is 7.01. The Labute approximate surface area is 184 Å². The van der Waals surface area contributed by atoms with Gasteiger partial charge in [-0.2, -0.15) is 0 Å². The van der Waals surface area contributed by atoms with Crippen LogP contribution in [0.4, 0.5) is 0 Å². The predicted octanol–water partition coefficient (Wildman–Crippen LogP) is 3.22. The Morgan fingerprint density at radius 3 is 2.57 bits per heavy atom. The molecule has 1 aliphatic rings. The number of hydrogen-bond donors (Lipinski definition) is 2. The van der Waals surface area contributed by atoms with Crippen LogP contribution in [0.25, 0.3) is 0 Å². The molecule has 0 atom stereocenters. The second-order valence-corrected chi connectivity index (χ2v) is 6.46. The maximum absolute atomic E-state index is 6.01. The number of ether oxygens (including phenoxy) is 2. The number of guanidine groups is 1. The van der Waals surface area contributed by atoms with Crippen LogP contribution in [-0.2, 0) is 11.3 Å². The Hall–Kier alpha value is -1.84. The Morgan fingerprint density at radius 2 is 1.79 bits per heavy atom. The smallest absolute Gasteiger partial charge is 0.188 e. The number of para-hydroxylation sites is 2. The Bertz CT molecular complexity index is 721. The van der Waals surface area contributed by atoms with Crippen LogP contribution in [-0.4, -0.2) is 50.3 Å². The summed E-state index contributed by atoms with van der Waals surface area (Å²) >= 11 is 0. The van der Waals surface area contributed by atoms with Gasteiger partial charge in [-0.3, -0.25) is 4.90 Å². The lowest BCUT2D eigenvalue weighted by atomic mass is 10.2. The van der Waals surface area contributed by atoms with Crippen molar-refractivity contribution in [2.75, 3.05) is 39.4 Å². The first kappa shape index (κ1) is 22.4. The van der Waals surface area contributed by atoms with Gasteiger partial charge in [0.25, 0.3) is 0 Å². The van der Waals surface area contributed by atoms with Gasteiger partial charge >= 0.3 is 0 Å². The van der Waals surface area contributed by atoms with Gasteiger partial charge in [0.1, 0.15) is 11.5 Å². The van der Waals surface area contributed by atoms with Crippen LogP contribution in [0.2, 0.25) is 0 Å². The molecule has 1 fully saturated rings. The van der Waals surface area contributed by atoms with Crippen molar-refractivity contribution in [3.63, 3.8) is 0 Å². The molecule has 0 aliphatic carbocycles. The summed E-state index contributed by atoms with van der Waals surface area (Å²) < 4.78 is 11.3. The number of halogens is 1. The Kier molecular flexibility index (Phi) is 10.1. The van der Waals surface area contributed by atoms with Gasteiger partial charge in [-0.05, 0) is 31.2 Å². The fourth-order valence-electron chi connectivity index (χ4n) is 2.92. The van der Waals surface area contributed by atoms with E-state index in [9.17, 15) is 0 Å². The fourth-order valence-corrected chi connectivity index (χ4v) is 2.92. The molecule has 3 rings (SSSR count). The zero-order valence-electron chi connectivity index (χ0n) is 16.0. The Balaban J connectivity index is 0.00000280. The number of aliphatic imine (C=N–C) groups is 1. The highest BCUT2D eigenvalue weighted by Gasteiger charge is 2.09. The third-order valence-corrected chi connectivity index (χ3v) is 4.42. The SMILES string of the molecule is I.NC(=NCc1ccccc1Oc1ccccc1)NCCCN1CCOCC1. The van der Waals surface area contributed by atoms with Crippen LogP contribution in [0.5, 0.6) is 11.5 Å². The molecule has 28 heavy (non-hydrogen) atoms. The third-order valence-electron chi connectivity index (χ3n) is 4.42. The molecular weight excluding hydrogens is 467 g/mol. The molecule has 7 heteroatoms. The van der Waals surface area contributed by atoms with Crippen LogP contribution >= 0.6 is 24.0 Å². The number of nitrogens with two attached hydrogens (primary N) is 1. The predicted molar refractivity (Wildman–Crippen MR) is 124 cm³/mol. The van der Waals surface area contributed by atoms with Crippen LogP contribution in [0.1, 0.15) is 12.0 Å². The Morgan fingerprint density at radius 1 is 1.07 bits per heavy atom. The highest BCUT2D eigenvalue weighted by Crippen LogP contribution is 2.25. The van der Waals surface area contributed by atoms with Gasteiger partial charge < -0.3 is 20.5 Å². The van der Waals surface area contributed by atoms with E-state index in [1.54, 1.807) is 0 Å². The third kappa shape index (κ3) is 7.65. The van der Waals surface area contributed by atoms with Gasteiger partial charge in [-0.25, -0.2) is 4.99 Å². The van der Waals surface area contributed by atoms with Crippen LogP contribution in [0.3, 0.4) is 0 Å². The quantitative estimate of drug-likeness (QED) is 0.254. The van der Waals surface area contributed by atoms with Crippen molar-refractivity contribution < 1.29 is 9.47 Å². The highest BCUT2D eigenvalue weighted by molar-refractivity contribution is 14.0. The number of benzene rings is 2. The average molecular weight is 496 g/mol. The van der Waals surface area contributed by atoms with Gasteiger partial charge in [0, 0.05) is 25.2 Å². The lowest BCUT2D eigenvalue weighted by Gasteiger charge is -2.26. The van der Waals surface area contributed by atoms with Gasteiger partial charge in [-0.15, -0.1) is 24.0 Å². The van der Waals surface area contributed by atoms with E-state index < -0.39 is 0 Å². The molecule has 152 valence electrons. The van der Waals surface area contributed by atoms with E-state index in [2.05, 4.69) is 15.2 Å². The topological polar surface area (TPSA) is 72.1 Å². The summed E-state index contributed by atoms with van der Waals surface area (Å²) in [5.74, 6) is 2.07. The minimum atomic E-state index is 0. The van der Waals surface area contributed by atoms with Crippen molar-refractivity contribution in [1.29, 1.82) is 0 Å². The lowest BCUT2D eigenvalue weighted by Crippen LogP contribution is -2.39. The molecule has 0 aromatic heterocycles. The van der Waals surface area contributed by atoms with Gasteiger partial charge in [0.2, 0.25) is 0 Å². The minimum absolute atomic E-state index is 0. The summed E-state index contributed by atoms with van der Waals surface area (Å²) in [7, 11) is 0. The minimum Gasteiger partial charge on any atom is -0.457 e. The largest absolute Gasteiger partial charge is 0.457 e. The molecule has 0 saturated carbocycles. The molecule has 3 N–H and O–H groups in total. The maximum atomic E-state index is 6.01. The van der Waals surface area contributed by atoms with E-state index in [1.165, 1.54) is 0 Å². The average Bonchev–Trinajstić information content (AvgIpc) is 2.72. The van der Waals surface area contributed by atoms with Gasteiger partial charge in [-0.1, -0.05) is 36.4 Å². The number of morpholine rings is 1. The van der Waals surface area contributed by atoms with E-state index in [1.807, 2.05) is 54.6 Å². The second kappa shape index (κ2) is 12.6. The van der Waals surface area contributed by atoms with E-state index in [-0.39, 0.29) is 24.0 Å². The number of rotatable bonds is 8. The molecule has 0 unspecified atom stereocenters. The molecule has 1 heterocycles. The molecule has 6 nitrogen and oxygen atoms in total. The highest BCUT2D eigenvalue weighted by atomic mass is 127. The zero-order valence-corrected chi connectivity index (χ0v) is 18.4. The van der Waals surface area contributed by atoms with Gasteiger partial charge in [0.05, 0.1) is 19.8 Å². The van der Waals surface area contributed by atoms with Crippen LogP contribution in [0.15, 0.2) is 59.6 Å². The molecule has 0 spiro atoms. The van der Waals surface area contributed by atoms with Gasteiger partial charge in [0.15, 0.2) is 5.96 Å². The monoisotopic (exact) mass is 496 g/mol. The summed E-state index contributed by atoms with van der Waals surface area (Å²) in [6.45, 7) is 6.05. The van der Waals surface area contributed by atoms with E-state index in [0.717, 1.165) is 62.9 Å². The molecule has 2 aromatic rings. The van der Waals surface area contributed by atoms with Crippen molar-refractivity contribution in [3.05, 3.63) is 60.2 Å². The summed E-state index contributed by atoms with van der Waals surface area (Å²) in [4.78, 5) is 6.86. The van der Waals surface area contributed by atoms with E-state index >= 15 is 0 Å². The molecule has 0 amide bonds. The van der Waals surface area contributed by atoms with E-state index in [4.69, 9.17) is 15.2 Å². The molecule has 1 aliphatic heterocycles. The van der Waals surface area contributed by atoms with E-state index in [0.29, 0.717) is 12.5 Å². The van der Waals surface area contributed by atoms with Crippen molar-refractivity contribution in [2.24, 2.45) is 10.7 Å². The molecule has 1 saturated heterocycles. The van der Waals surface area contributed by atoms with Crippen LogP contribution in [0, 0.1) is 0 Å². The summed E-state index contributed by atoms with van der Waals surface area (Å²) in [6.07, 6.45) is 1.03. The van der Waals surface area contributed by atoms with Crippen molar-refractivity contribution in [2.45, 2.75) is 13.0 Å². The number of nitrogens with zero attached hydrogens (tertiary/aromatic N) is 2. The molecule has 0 bridgehead atoms. The first-order valence-electron chi connectivity index (χ1n) is 9.46. The van der Waals surface area contributed by atoms with Crippen LogP contribution < -0.4 is 15.8 Å². The molecule has 0 radical (unpaired) electrons. The maximum Gasteiger partial charge on any atom is 0.188 e. The van der Waals surface area contributed by atoms with Crippen molar-refractivity contribution in [1.82, 2.24) is 10.2 Å². The fraction of sp³-hybridized carbons (Fsp3) is 0.381. The van der Waals surface area contributed by atoms with Crippen molar-refractivity contribution >= 4 is 29.9 Å². The normalized spacial score (nSPS) is 14.9. The zero-order chi connectivity index (χ0) is 18.7. The number of nitrogens with one attached hydrogen (secondary N) is 1.